The van der Waals surface area contributed by atoms with Crippen LogP contribution in [-0.4, -0.2) is 15.7 Å². The second-order valence-corrected chi connectivity index (χ2v) is 7.74. The van der Waals surface area contributed by atoms with Gasteiger partial charge in [0.05, 0.1) is 25.0 Å². The number of aromatic nitrogens is 2. The molecular weight excluding hydrogens is 326 g/mol. The number of rotatable bonds is 4. The van der Waals surface area contributed by atoms with E-state index in [-0.39, 0.29) is 17.4 Å². The van der Waals surface area contributed by atoms with Gasteiger partial charge in [-0.3, -0.25) is 9.48 Å². The molecule has 0 fully saturated rings. The number of benzene rings is 1. The van der Waals surface area contributed by atoms with Gasteiger partial charge in [0.25, 0.3) is 5.91 Å². The van der Waals surface area contributed by atoms with E-state index >= 15 is 0 Å². The molecule has 1 atom stereocenters. The number of fused-ring (bicyclic) bond motifs is 1. The van der Waals surface area contributed by atoms with Crippen LogP contribution in [0.2, 0.25) is 0 Å². The summed E-state index contributed by atoms with van der Waals surface area (Å²) in [5.41, 5.74) is 3.62. The number of hydrogen-bond donors (Lipinski definition) is 1. The van der Waals surface area contributed by atoms with Crippen molar-refractivity contribution in [3.63, 3.8) is 0 Å². The van der Waals surface area contributed by atoms with Crippen molar-refractivity contribution in [2.45, 2.75) is 39.3 Å². The third-order valence-electron chi connectivity index (χ3n) is 4.98. The van der Waals surface area contributed by atoms with Crippen molar-refractivity contribution in [2.75, 3.05) is 0 Å². The van der Waals surface area contributed by atoms with E-state index in [1.165, 1.54) is 17.5 Å². The minimum atomic E-state index is -0.181. The lowest BCUT2D eigenvalue weighted by Crippen LogP contribution is -2.36. The Kier molecular flexibility index (Phi) is 4.15. The largest absolute Gasteiger partial charge is 0.459 e. The number of carbonyl (C=O) groups excluding carboxylic acids is 1. The number of amides is 1. The standard InChI is InChI=1S/C21H23N3O2/c1-21(2)11-17(23-20(25)19-9-6-10-26-19)16-13-22-24(18(16)12-21)14-15-7-4-3-5-8-15/h3-10,13,17H,11-12,14H2,1-2H3,(H,23,25). The lowest BCUT2D eigenvalue weighted by Gasteiger charge is -2.35. The predicted octanol–water partition coefficient (Wildman–Crippen LogP) is 3.97. The Morgan fingerprint density at radius 1 is 1.27 bits per heavy atom. The first-order chi connectivity index (χ1) is 12.5. The minimum Gasteiger partial charge on any atom is -0.459 e. The van der Waals surface area contributed by atoms with Gasteiger partial charge in [0.2, 0.25) is 0 Å². The van der Waals surface area contributed by atoms with E-state index in [2.05, 4.69) is 41.1 Å². The maximum atomic E-state index is 12.5. The lowest BCUT2D eigenvalue weighted by molar-refractivity contribution is 0.0891. The van der Waals surface area contributed by atoms with Crippen molar-refractivity contribution in [1.82, 2.24) is 15.1 Å². The minimum absolute atomic E-state index is 0.0594. The van der Waals surface area contributed by atoms with Crippen LogP contribution >= 0.6 is 0 Å². The van der Waals surface area contributed by atoms with Crippen LogP contribution in [0.1, 0.15) is 53.7 Å². The van der Waals surface area contributed by atoms with Gasteiger partial charge in [0.1, 0.15) is 0 Å². The van der Waals surface area contributed by atoms with Crippen molar-refractivity contribution in [3.05, 3.63) is 77.5 Å². The van der Waals surface area contributed by atoms with Crippen LogP contribution in [0.3, 0.4) is 0 Å². The zero-order valence-corrected chi connectivity index (χ0v) is 15.1. The lowest BCUT2D eigenvalue weighted by atomic mass is 9.74. The Morgan fingerprint density at radius 2 is 2.08 bits per heavy atom. The molecule has 0 aliphatic heterocycles. The molecular formula is C21H23N3O2. The summed E-state index contributed by atoms with van der Waals surface area (Å²) in [6, 6.07) is 13.7. The van der Waals surface area contributed by atoms with E-state index in [1.54, 1.807) is 12.1 Å². The number of furan rings is 1. The van der Waals surface area contributed by atoms with Crippen LogP contribution in [-0.2, 0) is 13.0 Å². The molecule has 134 valence electrons. The molecule has 1 amide bonds. The Labute approximate surface area is 153 Å². The normalized spacial score (nSPS) is 18.3. The first kappa shape index (κ1) is 16.6. The van der Waals surface area contributed by atoms with E-state index < -0.39 is 0 Å². The fourth-order valence-electron chi connectivity index (χ4n) is 3.76. The molecule has 5 nitrogen and oxygen atoms in total. The van der Waals surface area contributed by atoms with Gasteiger partial charge in [-0.05, 0) is 36.0 Å². The molecule has 26 heavy (non-hydrogen) atoms. The monoisotopic (exact) mass is 349 g/mol. The Bertz CT molecular complexity index is 895. The average Bonchev–Trinajstić information content (AvgIpc) is 3.26. The van der Waals surface area contributed by atoms with E-state index in [4.69, 9.17) is 4.42 Å². The second-order valence-electron chi connectivity index (χ2n) is 7.74. The summed E-state index contributed by atoms with van der Waals surface area (Å²) in [6.45, 7) is 5.22. The third-order valence-corrected chi connectivity index (χ3v) is 4.98. The van der Waals surface area contributed by atoms with Gasteiger partial charge in [-0.25, -0.2) is 0 Å². The summed E-state index contributed by atoms with van der Waals surface area (Å²) in [7, 11) is 0. The molecule has 1 unspecified atom stereocenters. The molecule has 1 N–H and O–H groups in total. The Hall–Kier alpha value is -2.82. The first-order valence-electron chi connectivity index (χ1n) is 8.95. The maximum absolute atomic E-state index is 12.5. The summed E-state index contributed by atoms with van der Waals surface area (Å²) in [5, 5.41) is 7.75. The zero-order chi connectivity index (χ0) is 18.1. The SMILES string of the molecule is CC1(C)Cc2c(cnn2Cc2ccccc2)C(NC(=O)c2ccco2)C1. The van der Waals surface area contributed by atoms with Crippen molar-refractivity contribution >= 4 is 5.91 Å². The molecule has 4 rings (SSSR count). The first-order valence-corrected chi connectivity index (χ1v) is 8.95. The van der Waals surface area contributed by atoms with Crippen LogP contribution in [0, 0.1) is 5.41 Å². The zero-order valence-electron chi connectivity index (χ0n) is 15.1. The van der Waals surface area contributed by atoms with Crippen molar-refractivity contribution in [1.29, 1.82) is 0 Å². The smallest absolute Gasteiger partial charge is 0.287 e. The van der Waals surface area contributed by atoms with Gasteiger partial charge in [0.15, 0.2) is 5.76 Å². The molecule has 2 aromatic heterocycles. The number of nitrogens with zero attached hydrogens (tertiary/aromatic N) is 2. The van der Waals surface area contributed by atoms with E-state index in [9.17, 15) is 4.79 Å². The molecule has 1 aromatic carbocycles. The molecule has 3 aromatic rings. The van der Waals surface area contributed by atoms with Crippen LogP contribution in [0.15, 0.2) is 59.3 Å². The van der Waals surface area contributed by atoms with Gasteiger partial charge in [-0.15, -0.1) is 0 Å². The van der Waals surface area contributed by atoms with Gasteiger partial charge >= 0.3 is 0 Å². The molecule has 5 heteroatoms. The highest BCUT2D eigenvalue weighted by atomic mass is 16.3. The quantitative estimate of drug-likeness (QED) is 0.775. The van der Waals surface area contributed by atoms with Gasteiger partial charge in [0, 0.05) is 11.3 Å². The molecule has 2 heterocycles. The summed E-state index contributed by atoms with van der Waals surface area (Å²) >= 11 is 0. The summed E-state index contributed by atoms with van der Waals surface area (Å²) in [5.74, 6) is 0.158. The van der Waals surface area contributed by atoms with Crippen LogP contribution < -0.4 is 5.32 Å². The van der Waals surface area contributed by atoms with Gasteiger partial charge < -0.3 is 9.73 Å². The Balaban J connectivity index is 1.62. The number of hydrogen-bond acceptors (Lipinski definition) is 3. The third kappa shape index (κ3) is 3.29. The fourth-order valence-corrected chi connectivity index (χ4v) is 3.76. The van der Waals surface area contributed by atoms with Crippen molar-refractivity contribution in [2.24, 2.45) is 5.41 Å². The van der Waals surface area contributed by atoms with E-state index in [1.807, 2.05) is 24.4 Å². The molecule has 0 radical (unpaired) electrons. The van der Waals surface area contributed by atoms with E-state index in [0.717, 1.165) is 24.9 Å². The summed E-state index contributed by atoms with van der Waals surface area (Å²) in [6.07, 6.45) is 5.25. The molecule has 0 saturated carbocycles. The van der Waals surface area contributed by atoms with Crippen LogP contribution in [0.4, 0.5) is 0 Å². The van der Waals surface area contributed by atoms with Crippen LogP contribution in [0.5, 0.6) is 0 Å². The van der Waals surface area contributed by atoms with Gasteiger partial charge in [-0.1, -0.05) is 44.2 Å². The Morgan fingerprint density at radius 3 is 2.81 bits per heavy atom. The van der Waals surface area contributed by atoms with Gasteiger partial charge in [-0.2, -0.15) is 5.10 Å². The van der Waals surface area contributed by atoms with E-state index in [0.29, 0.717) is 5.76 Å². The average molecular weight is 349 g/mol. The van der Waals surface area contributed by atoms with Crippen molar-refractivity contribution in [3.8, 4) is 0 Å². The second kappa shape index (κ2) is 6.48. The topological polar surface area (TPSA) is 60.1 Å². The molecule has 0 spiro atoms. The highest BCUT2D eigenvalue weighted by Gasteiger charge is 2.36. The number of carbonyl (C=O) groups is 1. The highest BCUT2D eigenvalue weighted by molar-refractivity contribution is 5.91. The summed E-state index contributed by atoms with van der Waals surface area (Å²) < 4.78 is 7.30. The molecule has 1 aliphatic rings. The molecule has 0 bridgehead atoms. The maximum Gasteiger partial charge on any atom is 0.287 e. The predicted molar refractivity (Wildman–Crippen MR) is 98.8 cm³/mol. The highest BCUT2D eigenvalue weighted by Crippen LogP contribution is 2.41. The molecule has 0 saturated heterocycles. The number of nitrogens with one attached hydrogen (secondary N) is 1. The summed E-state index contributed by atoms with van der Waals surface area (Å²) in [4.78, 5) is 12.5. The fraction of sp³-hybridized carbons (Fsp3) is 0.333. The molecule has 1 aliphatic carbocycles. The van der Waals surface area contributed by atoms with Crippen LogP contribution in [0.25, 0.3) is 0 Å². The van der Waals surface area contributed by atoms with Crippen molar-refractivity contribution < 1.29 is 9.21 Å².